The third-order valence-corrected chi connectivity index (χ3v) is 2.96. The molecule has 2 nitrogen and oxygen atoms in total. The summed E-state index contributed by atoms with van der Waals surface area (Å²) in [4.78, 5) is 4.40. The van der Waals surface area contributed by atoms with Crippen molar-refractivity contribution in [3.05, 3.63) is 83.6 Å². The molecule has 0 bridgehead atoms. The number of nitrogens with one attached hydrogen (secondary N) is 1. The topological polar surface area (TPSA) is 24.4 Å². The van der Waals surface area contributed by atoms with Gasteiger partial charge in [0.15, 0.2) is 0 Å². The van der Waals surface area contributed by atoms with Gasteiger partial charge in [0.1, 0.15) is 0 Å². The molecule has 2 rings (SSSR count). The van der Waals surface area contributed by atoms with E-state index in [1.165, 1.54) is 11.1 Å². The summed E-state index contributed by atoms with van der Waals surface area (Å²) in [6, 6.07) is 20.6. The summed E-state index contributed by atoms with van der Waals surface area (Å²) in [5.41, 5.74) is 3.62. The maximum Gasteiger partial charge on any atom is 0.0639 e. The van der Waals surface area contributed by atoms with Gasteiger partial charge in [0.05, 0.1) is 6.54 Å². The zero-order chi connectivity index (χ0) is 14.0. The van der Waals surface area contributed by atoms with Gasteiger partial charge in [0.2, 0.25) is 0 Å². The fourth-order valence-electron chi connectivity index (χ4n) is 1.80. The molecule has 0 atom stereocenters. The van der Waals surface area contributed by atoms with Gasteiger partial charge >= 0.3 is 0 Å². The molecule has 0 aromatic heterocycles. The molecule has 0 radical (unpaired) electrons. The Hall–Kier alpha value is -2.35. The van der Waals surface area contributed by atoms with E-state index in [0.29, 0.717) is 0 Å². The van der Waals surface area contributed by atoms with Crippen molar-refractivity contribution in [3.63, 3.8) is 0 Å². The van der Waals surface area contributed by atoms with Gasteiger partial charge < -0.3 is 5.32 Å². The Bertz CT molecular complexity index is 556. The summed E-state index contributed by atoms with van der Waals surface area (Å²) in [6.45, 7) is 3.62. The summed E-state index contributed by atoms with van der Waals surface area (Å²) in [6.07, 6.45) is 3.87. The number of benzene rings is 2. The lowest BCUT2D eigenvalue weighted by Gasteiger charge is -2.05. The van der Waals surface area contributed by atoms with Crippen molar-refractivity contribution in [1.82, 2.24) is 5.32 Å². The summed E-state index contributed by atoms with van der Waals surface area (Å²) >= 11 is 0. The molecular weight excluding hydrogens is 244 g/mol. The third kappa shape index (κ3) is 5.11. The second-order valence-corrected chi connectivity index (χ2v) is 4.66. The van der Waals surface area contributed by atoms with Gasteiger partial charge in [-0.05, 0) is 24.1 Å². The van der Waals surface area contributed by atoms with Crippen molar-refractivity contribution >= 4 is 6.21 Å². The van der Waals surface area contributed by atoms with Crippen molar-refractivity contribution in [3.8, 4) is 0 Å². The summed E-state index contributed by atoms with van der Waals surface area (Å²) in [5, 5.41) is 3.37. The van der Waals surface area contributed by atoms with Gasteiger partial charge in [-0.15, -0.1) is 0 Å². The van der Waals surface area contributed by atoms with Gasteiger partial charge in [-0.25, -0.2) is 0 Å². The van der Waals surface area contributed by atoms with Gasteiger partial charge in [0.25, 0.3) is 0 Å². The molecule has 0 aliphatic rings. The number of hydrogen-bond acceptors (Lipinski definition) is 2. The molecule has 0 unspecified atom stereocenters. The molecule has 0 heterocycles. The zero-order valence-electron chi connectivity index (χ0n) is 11.8. The van der Waals surface area contributed by atoms with Crippen LogP contribution in [-0.4, -0.2) is 6.21 Å². The van der Waals surface area contributed by atoms with E-state index in [1.54, 1.807) is 0 Å². The first-order chi connectivity index (χ1) is 9.84. The molecule has 0 saturated heterocycles. The SMILES string of the molecule is C/C(=C\C=NCc1ccccc1)NCc1ccccc1. The predicted molar refractivity (Wildman–Crippen MR) is 85.7 cm³/mol. The van der Waals surface area contributed by atoms with E-state index in [4.69, 9.17) is 0 Å². The van der Waals surface area contributed by atoms with Crippen LogP contribution in [0.5, 0.6) is 0 Å². The van der Waals surface area contributed by atoms with E-state index in [0.717, 1.165) is 18.8 Å². The maximum absolute atomic E-state index is 4.40. The Morgan fingerprint density at radius 2 is 1.55 bits per heavy atom. The minimum absolute atomic E-state index is 0.726. The van der Waals surface area contributed by atoms with Crippen LogP contribution in [0.15, 0.2) is 77.4 Å². The summed E-state index contributed by atoms with van der Waals surface area (Å²) in [5.74, 6) is 0. The average Bonchev–Trinajstić information content (AvgIpc) is 2.52. The van der Waals surface area contributed by atoms with Crippen LogP contribution in [-0.2, 0) is 13.1 Å². The Balaban J connectivity index is 1.76. The number of allylic oxidation sites excluding steroid dienone is 2. The van der Waals surface area contributed by atoms with Crippen LogP contribution in [0.1, 0.15) is 18.1 Å². The van der Waals surface area contributed by atoms with Crippen molar-refractivity contribution in [2.45, 2.75) is 20.0 Å². The van der Waals surface area contributed by atoms with Crippen molar-refractivity contribution in [2.24, 2.45) is 4.99 Å². The molecule has 0 fully saturated rings. The molecule has 0 saturated carbocycles. The van der Waals surface area contributed by atoms with Crippen molar-refractivity contribution in [2.75, 3.05) is 0 Å². The second-order valence-electron chi connectivity index (χ2n) is 4.66. The van der Waals surface area contributed by atoms with Crippen LogP contribution in [0.4, 0.5) is 0 Å². The number of hydrogen-bond donors (Lipinski definition) is 1. The first-order valence-electron chi connectivity index (χ1n) is 6.83. The third-order valence-electron chi connectivity index (χ3n) is 2.96. The molecule has 102 valence electrons. The van der Waals surface area contributed by atoms with Crippen LogP contribution in [0.25, 0.3) is 0 Å². The number of aliphatic imine (C=N–C) groups is 1. The molecule has 0 spiro atoms. The second kappa shape index (κ2) is 7.95. The molecule has 2 aromatic rings. The average molecular weight is 264 g/mol. The van der Waals surface area contributed by atoms with Crippen molar-refractivity contribution < 1.29 is 0 Å². The molecule has 0 aliphatic carbocycles. The smallest absolute Gasteiger partial charge is 0.0639 e. The quantitative estimate of drug-likeness (QED) is 0.785. The van der Waals surface area contributed by atoms with Crippen LogP contribution in [0.2, 0.25) is 0 Å². The lowest BCUT2D eigenvalue weighted by atomic mass is 10.2. The molecule has 0 amide bonds. The number of rotatable bonds is 6. The van der Waals surface area contributed by atoms with E-state index in [9.17, 15) is 0 Å². The highest BCUT2D eigenvalue weighted by molar-refractivity contribution is 5.71. The minimum Gasteiger partial charge on any atom is -0.384 e. The van der Waals surface area contributed by atoms with Crippen LogP contribution in [0, 0.1) is 0 Å². The molecule has 20 heavy (non-hydrogen) atoms. The highest BCUT2D eigenvalue weighted by Gasteiger charge is 1.90. The first-order valence-corrected chi connectivity index (χ1v) is 6.83. The fraction of sp³-hybridized carbons (Fsp3) is 0.167. The zero-order valence-corrected chi connectivity index (χ0v) is 11.8. The maximum atomic E-state index is 4.40. The molecule has 2 aromatic carbocycles. The number of nitrogens with zero attached hydrogens (tertiary/aromatic N) is 1. The van der Waals surface area contributed by atoms with E-state index >= 15 is 0 Å². The van der Waals surface area contributed by atoms with Gasteiger partial charge in [-0.2, -0.15) is 0 Å². The lowest BCUT2D eigenvalue weighted by Crippen LogP contribution is -2.10. The predicted octanol–water partition coefficient (Wildman–Crippen LogP) is 3.95. The summed E-state index contributed by atoms with van der Waals surface area (Å²) in [7, 11) is 0. The van der Waals surface area contributed by atoms with Crippen molar-refractivity contribution in [1.29, 1.82) is 0 Å². The largest absolute Gasteiger partial charge is 0.384 e. The van der Waals surface area contributed by atoms with Crippen LogP contribution in [0.3, 0.4) is 0 Å². The molecule has 0 aliphatic heterocycles. The Labute approximate surface area is 120 Å². The van der Waals surface area contributed by atoms with Crippen LogP contribution >= 0.6 is 0 Å². The summed E-state index contributed by atoms with van der Waals surface area (Å²) < 4.78 is 0. The first kappa shape index (κ1) is 14.1. The van der Waals surface area contributed by atoms with Gasteiger partial charge in [-0.1, -0.05) is 60.7 Å². The Morgan fingerprint density at radius 1 is 0.950 bits per heavy atom. The minimum atomic E-state index is 0.726. The lowest BCUT2D eigenvalue weighted by molar-refractivity contribution is 0.813. The molecular formula is C18H20N2. The van der Waals surface area contributed by atoms with E-state index < -0.39 is 0 Å². The van der Waals surface area contributed by atoms with E-state index in [-0.39, 0.29) is 0 Å². The van der Waals surface area contributed by atoms with E-state index in [1.807, 2.05) is 36.6 Å². The van der Waals surface area contributed by atoms with Gasteiger partial charge in [-0.3, -0.25) is 4.99 Å². The Morgan fingerprint density at radius 3 is 2.20 bits per heavy atom. The normalized spacial score (nSPS) is 11.8. The highest BCUT2D eigenvalue weighted by Crippen LogP contribution is 2.00. The monoisotopic (exact) mass is 264 g/mol. The van der Waals surface area contributed by atoms with E-state index in [2.05, 4.69) is 53.6 Å². The standard InChI is InChI=1S/C18H20N2/c1-16(20-15-18-10-6-3-7-11-18)12-13-19-14-17-8-4-2-5-9-17/h2-13,20H,14-15H2,1H3/b16-12+,19-13?. The van der Waals surface area contributed by atoms with Crippen LogP contribution < -0.4 is 5.32 Å². The molecule has 2 heteroatoms. The fourth-order valence-corrected chi connectivity index (χ4v) is 1.80. The highest BCUT2D eigenvalue weighted by atomic mass is 14.9. The molecule has 1 N–H and O–H groups in total. The van der Waals surface area contributed by atoms with Gasteiger partial charge in [0, 0.05) is 18.5 Å². The Kier molecular flexibility index (Phi) is 5.59.